The fraction of sp³-hybridized carbons (Fsp3) is 0.600. The van der Waals surface area contributed by atoms with E-state index in [2.05, 4.69) is 17.4 Å². The van der Waals surface area contributed by atoms with Crippen molar-refractivity contribution in [3.8, 4) is 0 Å². The van der Waals surface area contributed by atoms with Gasteiger partial charge in [0.05, 0.1) is 11.9 Å². The van der Waals surface area contributed by atoms with Crippen LogP contribution in [0.25, 0.3) is 0 Å². The predicted molar refractivity (Wildman–Crippen MR) is 172 cm³/mol. The molecule has 0 spiro atoms. The van der Waals surface area contributed by atoms with Crippen LogP contribution in [-0.4, -0.2) is 56.1 Å². The van der Waals surface area contributed by atoms with Crippen LogP contribution in [0.5, 0.6) is 0 Å². The second kappa shape index (κ2) is 12.3. The maximum atomic E-state index is 14.0. The number of hydrogen-bond donors (Lipinski definition) is 1. The Labute approximate surface area is 258 Å². The molecule has 4 fully saturated rings. The molecule has 8 heteroatoms. The fourth-order valence-corrected chi connectivity index (χ4v) is 9.26. The first-order valence-corrected chi connectivity index (χ1v) is 17.8. The van der Waals surface area contributed by atoms with Crippen molar-refractivity contribution in [2.75, 3.05) is 23.7 Å². The van der Waals surface area contributed by atoms with Crippen LogP contribution < -0.4 is 9.62 Å². The molecule has 2 amide bonds. The summed E-state index contributed by atoms with van der Waals surface area (Å²) >= 11 is 0. The van der Waals surface area contributed by atoms with Gasteiger partial charge < -0.3 is 10.2 Å². The number of rotatable bonds is 11. The molecule has 2 aromatic carbocycles. The Hall–Kier alpha value is -2.87. The van der Waals surface area contributed by atoms with Gasteiger partial charge in [-0.05, 0) is 119 Å². The van der Waals surface area contributed by atoms with Crippen LogP contribution in [0.1, 0.15) is 83.8 Å². The minimum absolute atomic E-state index is 0.210. The average molecular weight is 608 g/mol. The van der Waals surface area contributed by atoms with Gasteiger partial charge in [0.1, 0.15) is 12.6 Å². The average Bonchev–Trinajstić information content (AvgIpc) is 2.92. The Morgan fingerprint density at radius 3 is 1.98 bits per heavy atom. The van der Waals surface area contributed by atoms with Crippen LogP contribution in [0, 0.1) is 17.8 Å². The van der Waals surface area contributed by atoms with Crippen molar-refractivity contribution in [3.63, 3.8) is 0 Å². The largest absolute Gasteiger partial charge is 0.350 e. The Morgan fingerprint density at radius 2 is 1.49 bits per heavy atom. The van der Waals surface area contributed by atoms with E-state index in [1.807, 2.05) is 70.2 Å². The molecule has 2 aromatic rings. The van der Waals surface area contributed by atoms with E-state index in [1.165, 1.54) is 48.4 Å². The highest BCUT2D eigenvalue weighted by molar-refractivity contribution is 7.92. The van der Waals surface area contributed by atoms with Gasteiger partial charge in [-0.25, -0.2) is 8.42 Å². The molecule has 1 N–H and O–H groups in total. The number of carbonyl (C=O) groups is 2. The highest BCUT2D eigenvalue weighted by atomic mass is 32.2. The number of benzene rings is 2. The van der Waals surface area contributed by atoms with Crippen molar-refractivity contribution in [3.05, 3.63) is 65.7 Å². The number of sulfonamides is 1. The van der Waals surface area contributed by atoms with E-state index >= 15 is 0 Å². The molecule has 0 saturated heterocycles. The third-order valence-corrected chi connectivity index (χ3v) is 11.0. The summed E-state index contributed by atoms with van der Waals surface area (Å²) in [5.74, 6) is 1.84. The summed E-state index contributed by atoms with van der Waals surface area (Å²) in [6, 6.07) is 17.1. The lowest BCUT2D eigenvalue weighted by atomic mass is 9.48. The third-order valence-electron chi connectivity index (χ3n) is 9.85. The molecule has 6 rings (SSSR count). The van der Waals surface area contributed by atoms with E-state index in [1.54, 1.807) is 4.90 Å². The minimum atomic E-state index is -3.77. The topological polar surface area (TPSA) is 86.8 Å². The zero-order valence-corrected chi connectivity index (χ0v) is 27.3. The smallest absolute Gasteiger partial charge is 0.244 e. The van der Waals surface area contributed by atoms with Gasteiger partial charge in [-0.15, -0.1) is 0 Å². The van der Waals surface area contributed by atoms with Crippen molar-refractivity contribution >= 4 is 27.5 Å². The number of nitrogens with one attached hydrogen (secondary N) is 1. The number of nitrogens with zero attached hydrogens (tertiary/aromatic N) is 2. The third kappa shape index (κ3) is 7.27. The maximum absolute atomic E-state index is 14.0. The summed E-state index contributed by atoms with van der Waals surface area (Å²) in [5.41, 5.74) is 2.59. The van der Waals surface area contributed by atoms with Crippen LogP contribution in [0.3, 0.4) is 0 Å². The van der Waals surface area contributed by atoms with Crippen LogP contribution in [-0.2, 0) is 31.4 Å². The number of carbonyl (C=O) groups excluding carboxylic acids is 2. The molecule has 4 aliphatic carbocycles. The molecule has 1 atom stereocenters. The normalized spacial score (nSPS) is 25.3. The highest BCUT2D eigenvalue weighted by Crippen LogP contribution is 2.60. The molecule has 0 unspecified atom stereocenters. The molecule has 0 heterocycles. The van der Waals surface area contributed by atoms with Crippen molar-refractivity contribution in [2.24, 2.45) is 17.8 Å². The van der Waals surface area contributed by atoms with E-state index in [4.69, 9.17) is 0 Å². The predicted octanol–water partition coefficient (Wildman–Crippen LogP) is 5.69. The monoisotopic (exact) mass is 607 g/mol. The zero-order chi connectivity index (χ0) is 31.0. The van der Waals surface area contributed by atoms with Gasteiger partial charge in [0, 0.05) is 12.1 Å². The molecular formula is C35H49N3O4S. The maximum Gasteiger partial charge on any atom is 0.244 e. The Bertz CT molecular complexity index is 1360. The van der Waals surface area contributed by atoms with Crippen LogP contribution in [0.4, 0.5) is 5.69 Å². The summed E-state index contributed by atoms with van der Waals surface area (Å²) in [6.07, 6.45) is 9.93. The molecule has 0 aromatic heterocycles. The van der Waals surface area contributed by atoms with E-state index in [9.17, 15) is 18.0 Å². The van der Waals surface area contributed by atoms with Gasteiger partial charge in [-0.1, -0.05) is 49.4 Å². The molecule has 0 radical (unpaired) electrons. The van der Waals surface area contributed by atoms with E-state index in [0.717, 1.165) is 29.6 Å². The number of amides is 2. The second-order valence-electron chi connectivity index (χ2n) is 14.5. The lowest BCUT2D eigenvalue weighted by molar-refractivity contribution is -0.140. The Balaban J connectivity index is 1.38. The lowest BCUT2D eigenvalue weighted by Gasteiger charge is -2.57. The highest BCUT2D eigenvalue weighted by Gasteiger charge is 2.51. The Kier molecular flexibility index (Phi) is 8.99. The number of anilines is 1. The SMILES string of the molecule is CC[C@H](C(=O)NC(C)(C)C)N(CCc1ccccc1)C(=O)CN(c1ccc(C23CC4CC(CC(C4)C2)C3)cc1)S(C)(=O)=O. The molecule has 4 bridgehead atoms. The Morgan fingerprint density at radius 1 is 0.930 bits per heavy atom. The van der Waals surface area contributed by atoms with Gasteiger partial charge in [0.2, 0.25) is 21.8 Å². The number of hydrogen-bond acceptors (Lipinski definition) is 4. The van der Waals surface area contributed by atoms with Crippen LogP contribution >= 0.6 is 0 Å². The van der Waals surface area contributed by atoms with Gasteiger partial charge in [0.15, 0.2) is 0 Å². The van der Waals surface area contributed by atoms with Gasteiger partial charge in [-0.3, -0.25) is 13.9 Å². The molecule has 43 heavy (non-hydrogen) atoms. The fourth-order valence-electron chi connectivity index (χ4n) is 8.41. The van der Waals surface area contributed by atoms with Crippen molar-refractivity contribution in [2.45, 2.75) is 96.1 Å². The van der Waals surface area contributed by atoms with E-state index in [0.29, 0.717) is 25.1 Å². The summed E-state index contributed by atoms with van der Waals surface area (Å²) in [7, 11) is -3.77. The van der Waals surface area contributed by atoms with Crippen molar-refractivity contribution in [1.82, 2.24) is 10.2 Å². The van der Waals surface area contributed by atoms with Crippen molar-refractivity contribution < 1.29 is 18.0 Å². The summed E-state index contributed by atoms with van der Waals surface area (Å²) in [4.78, 5) is 28.9. The first-order chi connectivity index (χ1) is 20.3. The molecule has 234 valence electrons. The van der Waals surface area contributed by atoms with Crippen LogP contribution in [0.2, 0.25) is 0 Å². The quantitative estimate of drug-likeness (QED) is 0.356. The van der Waals surface area contributed by atoms with E-state index in [-0.39, 0.29) is 23.8 Å². The second-order valence-corrected chi connectivity index (χ2v) is 16.4. The molecule has 7 nitrogen and oxygen atoms in total. The summed E-state index contributed by atoms with van der Waals surface area (Å²) < 4.78 is 27.4. The van der Waals surface area contributed by atoms with Crippen LogP contribution in [0.15, 0.2) is 54.6 Å². The van der Waals surface area contributed by atoms with Gasteiger partial charge in [-0.2, -0.15) is 0 Å². The lowest BCUT2D eigenvalue weighted by Crippen LogP contribution is -2.56. The molecule has 4 saturated carbocycles. The molecule has 4 aliphatic rings. The molecule has 0 aliphatic heterocycles. The van der Waals surface area contributed by atoms with Gasteiger partial charge in [0.25, 0.3) is 0 Å². The van der Waals surface area contributed by atoms with Gasteiger partial charge >= 0.3 is 0 Å². The minimum Gasteiger partial charge on any atom is -0.350 e. The zero-order valence-electron chi connectivity index (χ0n) is 26.5. The molecular weight excluding hydrogens is 558 g/mol. The van der Waals surface area contributed by atoms with E-state index < -0.39 is 21.6 Å². The van der Waals surface area contributed by atoms with Crippen molar-refractivity contribution in [1.29, 1.82) is 0 Å². The first-order valence-electron chi connectivity index (χ1n) is 16.0. The summed E-state index contributed by atoms with van der Waals surface area (Å²) in [5, 5.41) is 3.01. The summed E-state index contributed by atoms with van der Waals surface area (Å²) in [6.45, 7) is 7.56. The first kappa shape index (κ1) is 31.6. The standard InChI is InChI=1S/C35H49N3O4S/c1-6-31(33(40)36-34(2,3)4)37(17-16-25-10-8-7-9-11-25)32(39)24-38(43(5,41)42)30-14-12-29(13-15-30)35-21-26-18-27(22-35)20-28(19-26)23-35/h7-15,26-28,31H,6,16-24H2,1-5H3,(H,36,40)/t26?,27?,28?,31-,35?/m1/s1.